The van der Waals surface area contributed by atoms with Crippen molar-refractivity contribution < 1.29 is 13.3 Å². The number of fused-ring (bicyclic) bond motifs is 9. The van der Waals surface area contributed by atoms with Gasteiger partial charge in [0.2, 0.25) is 0 Å². The van der Waals surface area contributed by atoms with E-state index < -0.39 is 0 Å². The first-order chi connectivity index (χ1) is 29.1. The molecule has 1 atom stereocenters. The molecule has 59 heavy (non-hydrogen) atoms. The van der Waals surface area contributed by atoms with Gasteiger partial charge in [-0.3, -0.25) is 0 Å². The van der Waals surface area contributed by atoms with Crippen LogP contribution in [0.15, 0.2) is 200 Å². The summed E-state index contributed by atoms with van der Waals surface area (Å²) >= 11 is 0. The average molecular weight is 761 g/mol. The SMILES string of the molecule is CC1=C(c2ccccc2)N=C(c2cccc3oc4ccc(-c5cccc6oc7ccc(-c8cccc9oc%10ccccc%10c89)cc7c56)cc4c23)NC(c2ccccc2)C1. The summed E-state index contributed by atoms with van der Waals surface area (Å²) in [6.45, 7) is 2.20. The van der Waals surface area contributed by atoms with Crippen LogP contribution in [-0.2, 0) is 0 Å². The molecule has 0 spiro atoms. The van der Waals surface area contributed by atoms with Crippen molar-refractivity contribution >= 4 is 77.3 Å². The Kier molecular flexibility index (Phi) is 7.51. The molecular formula is C54H36N2O3. The summed E-state index contributed by atoms with van der Waals surface area (Å²) in [4.78, 5) is 5.45. The van der Waals surface area contributed by atoms with Gasteiger partial charge in [-0.25, -0.2) is 4.99 Å². The summed E-state index contributed by atoms with van der Waals surface area (Å²) in [5.41, 5.74) is 15.1. The highest BCUT2D eigenvalue weighted by Gasteiger charge is 2.25. The second-order valence-electron chi connectivity index (χ2n) is 15.5. The first-order valence-corrected chi connectivity index (χ1v) is 20.1. The maximum atomic E-state index is 6.60. The Morgan fingerprint density at radius 3 is 1.56 bits per heavy atom. The molecule has 5 heteroatoms. The van der Waals surface area contributed by atoms with Crippen molar-refractivity contribution in [2.45, 2.75) is 19.4 Å². The Bertz CT molecular complexity index is 3510. The van der Waals surface area contributed by atoms with E-state index in [1.807, 2.05) is 18.2 Å². The quantitative estimate of drug-likeness (QED) is 0.190. The number of amidine groups is 1. The van der Waals surface area contributed by atoms with Crippen molar-refractivity contribution in [3.63, 3.8) is 0 Å². The summed E-state index contributed by atoms with van der Waals surface area (Å²) < 4.78 is 19.4. The van der Waals surface area contributed by atoms with Gasteiger partial charge in [0.15, 0.2) is 0 Å². The van der Waals surface area contributed by atoms with Gasteiger partial charge < -0.3 is 18.6 Å². The van der Waals surface area contributed by atoms with Crippen LogP contribution in [0.2, 0.25) is 0 Å². The van der Waals surface area contributed by atoms with Crippen LogP contribution in [0.1, 0.15) is 36.1 Å². The molecule has 11 aromatic rings. The smallest absolute Gasteiger partial charge is 0.136 e. The van der Waals surface area contributed by atoms with Crippen molar-refractivity contribution in [1.29, 1.82) is 0 Å². The van der Waals surface area contributed by atoms with Crippen molar-refractivity contribution in [2.75, 3.05) is 0 Å². The zero-order valence-corrected chi connectivity index (χ0v) is 32.2. The predicted octanol–water partition coefficient (Wildman–Crippen LogP) is 14.6. The number of para-hydroxylation sites is 1. The zero-order chi connectivity index (χ0) is 39.0. The molecule has 12 rings (SSSR count). The lowest BCUT2D eigenvalue weighted by atomic mass is 9.94. The fourth-order valence-electron chi connectivity index (χ4n) is 9.23. The van der Waals surface area contributed by atoms with E-state index in [1.54, 1.807) is 0 Å². The Balaban J connectivity index is 1.03. The maximum Gasteiger partial charge on any atom is 0.136 e. The van der Waals surface area contributed by atoms with Crippen LogP contribution in [0, 0.1) is 0 Å². The number of rotatable bonds is 5. The molecular weight excluding hydrogens is 725 g/mol. The molecule has 1 aliphatic heterocycles. The third-order valence-electron chi connectivity index (χ3n) is 12.0. The highest BCUT2D eigenvalue weighted by Crippen LogP contribution is 2.43. The highest BCUT2D eigenvalue weighted by atomic mass is 16.3. The van der Waals surface area contributed by atoms with E-state index in [0.29, 0.717) is 0 Å². The summed E-state index contributed by atoms with van der Waals surface area (Å²) in [7, 11) is 0. The lowest BCUT2D eigenvalue weighted by Gasteiger charge is -2.20. The van der Waals surface area contributed by atoms with E-state index in [9.17, 15) is 0 Å². The van der Waals surface area contributed by atoms with Crippen LogP contribution < -0.4 is 5.32 Å². The molecule has 0 aliphatic carbocycles. The average Bonchev–Trinajstić information content (AvgIpc) is 3.95. The first kappa shape index (κ1) is 33.5. The monoisotopic (exact) mass is 760 g/mol. The molecule has 1 aliphatic rings. The van der Waals surface area contributed by atoms with E-state index in [-0.39, 0.29) is 6.04 Å². The Morgan fingerprint density at radius 1 is 0.441 bits per heavy atom. The molecule has 8 aromatic carbocycles. The van der Waals surface area contributed by atoms with Crippen molar-refractivity contribution in [1.82, 2.24) is 5.32 Å². The molecule has 0 fully saturated rings. The van der Waals surface area contributed by atoms with E-state index in [4.69, 9.17) is 18.2 Å². The zero-order valence-electron chi connectivity index (χ0n) is 32.2. The van der Waals surface area contributed by atoms with Crippen molar-refractivity contribution in [2.24, 2.45) is 4.99 Å². The molecule has 4 heterocycles. The maximum absolute atomic E-state index is 6.60. The second-order valence-corrected chi connectivity index (χ2v) is 15.5. The number of furan rings is 3. The number of aliphatic imine (C=N–C) groups is 1. The van der Waals surface area contributed by atoms with Gasteiger partial charge in [0.25, 0.3) is 0 Å². The molecule has 1 N–H and O–H groups in total. The van der Waals surface area contributed by atoms with Crippen molar-refractivity contribution in [3.05, 3.63) is 198 Å². The van der Waals surface area contributed by atoms with Crippen LogP contribution in [0.25, 0.3) is 93.8 Å². The molecule has 0 bridgehead atoms. The van der Waals surface area contributed by atoms with Gasteiger partial charge in [0.1, 0.15) is 39.3 Å². The molecule has 0 amide bonds. The summed E-state index contributed by atoms with van der Waals surface area (Å²) in [6, 6.07) is 61.4. The minimum absolute atomic E-state index is 0.0382. The van der Waals surface area contributed by atoms with E-state index in [2.05, 4.69) is 170 Å². The first-order valence-electron chi connectivity index (χ1n) is 20.1. The number of hydrogen-bond donors (Lipinski definition) is 1. The summed E-state index contributed by atoms with van der Waals surface area (Å²) in [6.07, 6.45) is 0.825. The molecule has 0 radical (unpaired) electrons. The number of benzene rings is 8. The normalized spacial score (nSPS) is 14.8. The Hall–Kier alpha value is -7.63. The van der Waals surface area contributed by atoms with E-state index in [0.717, 1.165) is 117 Å². The lowest BCUT2D eigenvalue weighted by Crippen LogP contribution is -2.28. The van der Waals surface area contributed by atoms with Crippen LogP contribution in [-0.4, -0.2) is 5.84 Å². The second kappa shape index (κ2) is 13.2. The van der Waals surface area contributed by atoms with Crippen LogP contribution in [0.4, 0.5) is 0 Å². The molecule has 280 valence electrons. The molecule has 3 aromatic heterocycles. The third-order valence-corrected chi connectivity index (χ3v) is 12.0. The molecule has 0 saturated carbocycles. The van der Waals surface area contributed by atoms with Gasteiger partial charge in [0.05, 0.1) is 11.7 Å². The minimum atomic E-state index is 0.0382. The topological polar surface area (TPSA) is 63.8 Å². The van der Waals surface area contributed by atoms with E-state index in [1.165, 1.54) is 11.1 Å². The minimum Gasteiger partial charge on any atom is -0.456 e. The number of nitrogens with one attached hydrogen (secondary N) is 1. The standard InChI is InChI=1S/C54H36N2O3/c1-32-29-43(33-13-4-2-5-14-33)55-54(56-53(32)34-15-6-3-7-16-34)40-20-12-24-49-52(40)42-31-36(26-28-46(42)59-49)38-19-11-23-48-51(38)41-30-35(25-27-45(41)58-48)37-18-10-22-47-50(37)39-17-8-9-21-44(39)57-47/h2-28,30-31,43H,29H2,1H3,(H,55,56). The molecule has 0 saturated heterocycles. The van der Waals surface area contributed by atoms with Gasteiger partial charge in [-0.15, -0.1) is 0 Å². The Labute approximate surface area is 339 Å². The fourth-order valence-corrected chi connectivity index (χ4v) is 9.23. The van der Waals surface area contributed by atoms with Gasteiger partial charge in [-0.1, -0.05) is 127 Å². The lowest BCUT2D eigenvalue weighted by molar-refractivity contribution is 0.646. The number of hydrogen-bond acceptors (Lipinski definition) is 5. The highest BCUT2D eigenvalue weighted by molar-refractivity contribution is 6.21. The van der Waals surface area contributed by atoms with Crippen LogP contribution in [0.5, 0.6) is 0 Å². The van der Waals surface area contributed by atoms with Gasteiger partial charge in [-0.2, -0.15) is 0 Å². The van der Waals surface area contributed by atoms with E-state index >= 15 is 0 Å². The fraction of sp³-hybridized carbons (Fsp3) is 0.0556. The predicted molar refractivity (Wildman–Crippen MR) is 242 cm³/mol. The van der Waals surface area contributed by atoms with Gasteiger partial charge in [0, 0.05) is 43.4 Å². The summed E-state index contributed by atoms with van der Waals surface area (Å²) in [5.74, 6) is 0.823. The van der Waals surface area contributed by atoms with Crippen LogP contribution >= 0.6 is 0 Å². The largest absolute Gasteiger partial charge is 0.456 e. The molecule has 5 nitrogen and oxygen atoms in total. The Morgan fingerprint density at radius 2 is 0.932 bits per heavy atom. The summed E-state index contributed by atoms with van der Waals surface area (Å²) in [5, 5.41) is 10.3. The molecule has 1 unspecified atom stereocenters. The van der Waals surface area contributed by atoms with Gasteiger partial charge >= 0.3 is 0 Å². The van der Waals surface area contributed by atoms with Crippen molar-refractivity contribution in [3.8, 4) is 22.3 Å². The van der Waals surface area contributed by atoms with Crippen LogP contribution in [0.3, 0.4) is 0 Å². The number of nitrogens with zero attached hydrogens (tertiary/aromatic N) is 1. The third kappa shape index (κ3) is 5.43. The van der Waals surface area contributed by atoms with Gasteiger partial charge in [-0.05, 0) is 95.3 Å².